The molecule has 1 unspecified atom stereocenters. The van der Waals surface area contributed by atoms with Gasteiger partial charge in [0.05, 0.1) is 12.7 Å². The molecule has 48 heavy (non-hydrogen) atoms. The zero-order chi connectivity index (χ0) is 33.1. The van der Waals surface area contributed by atoms with E-state index >= 15 is 0 Å². The first-order chi connectivity index (χ1) is 23.5. The second kappa shape index (κ2) is 13.3. The van der Waals surface area contributed by atoms with Gasteiger partial charge in [-0.05, 0) is 82.5 Å². The number of methoxy groups -OCH3 is 1. The van der Waals surface area contributed by atoms with E-state index in [1.165, 1.54) is 55.2 Å². The molecule has 1 atom stereocenters. The molecule has 6 aromatic rings. The fraction of sp³-hybridized carbons (Fsp3) is 0.159. The number of fused-ring (bicyclic) bond motifs is 3. The molecule has 1 heterocycles. The minimum Gasteiger partial charge on any atom is -0.472 e. The van der Waals surface area contributed by atoms with Crippen molar-refractivity contribution in [1.29, 1.82) is 0 Å². The van der Waals surface area contributed by atoms with Crippen molar-refractivity contribution in [3.63, 3.8) is 0 Å². The van der Waals surface area contributed by atoms with Gasteiger partial charge >= 0.3 is 5.97 Å². The monoisotopic (exact) mass is 632 g/mol. The first-order valence-corrected chi connectivity index (χ1v) is 16.6. The van der Waals surface area contributed by atoms with Crippen molar-refractivity contribution < 1.29 is 18.7 Å². The molecule has 6 aromatic carbocycles. The van der Waals surface area contributed by atoms with Crippen LogP contribution in [0.4, 0.5) is 4.39 Å². The molecule has 0 radical (unpaired) electrons. The van der Waals surface area contributed by atoms with Crippen molar-refractivity contribution in [3.8, 4) is 28.0 Å². The lowest BCUT2D eigenvalue weighted by Gasteiger charge is -2.37. The van der Waals surface area contributed by atoms with E-state index in [4.69, 9.17) is 9.47 Å². The topological polar surface area (TPSA) is 35.5 Å². The van der Waals surface area contributed by atoms with Gasteiger partial charge in [-0.15, -0.1) is 0 Å². The number of halogens is 1. The lowest BCUT2D eigenvalue weighted by atomic mass is 9.82. The molecule has 0 N–H and O–H groups in total. The summed E-state index contributed by atoms with van der Waals surface area (Å²) in [6.45, 7) is 2.23. The number of benzene rings is 6. The van der Waals surface area contributed by atoms with Crippen LogP contribution in [0.2, 0.25) is 0 Å². The molecule has 0 aliphatic carbocycles. The summed E-state index contributed by atoms with van der Waals surface area (Å²) in [6.07, 6.45) is 8.70. The fourth-order valence-electron chi connectivity index (χ4n) is 6.68. The molecule has 0 aromatic heterocycles. The van der Waals surface area contributed by atoms with Gasteiger partial charge in [0.15, 0.2) is 5.60 Å². The van der Waals surface area contributed by atoms with Gasteiger partial charge in [0.25, 0.3) is 0 Å². The molecular formula is C44H37FO3. The number of rotatable bonds is 9. The maximum absolute atomic E-state index is 14.0. The van der Waals surface area contributed by atoms with E-state index < -0.39 is 11.6 Å². The molecule has 1 aliphatic rings. The van der Waals surface area contributed by atoms with Gasteiger partial charge in [0.1, 0.15) is 11.6 Å². The number of hydrogen-bond acceptors (Lipinski definition) is 3. The number of hydrogen-bond donors (Lipinski definition) is 0. The van der Waals surface area contributed by atoms with Gasteiger partial charge in [-0.25, -0.2) is 9.18 Å². The third kappa shape index (κ3) is 5.91. The summed E-state index contributed by atoms with van der Waals surface area (Å²) in [5.74, 6) is -0.193. The highest BCUT2D eigenvalue weighted by molar-refractivity contribution is 6.05. The first kappa shape index (κ1) is 31.1. The van der Waals surface area contributed by atoms with Gasteiger partial charge in [-0.3, -0.25) is 0 Å². The van der Waals surface area contributed by atoms with Gasteiger partial charge < -0.3 is 9.47 Å². The van der Waals surface area contributed by atoms with Crippen LogP contribution in [0.1, 0.15) is 58.8 Å². The van der Waals surface area contributed by atoms with E-state index in [0.717, 1.165) is 39.4 Å². The molecule has 0 saturated heterocycles. The lowest BCUT2D eigenvalue weighted by Crippen LogP contribution is -2.34. The molecular weight excluding hydrogens is 595 g/mol. The third-order valence-corrected chi connectivity index (χ3v) is 9.33. The van der Waals surface area contributed by atoms with Gasteiger partial charge in [0, 0.05) is 22.1 Å². The van der Waals surface area contributed by atoms with Crippen molar-refractivity contribution in [3.05, 3.63) is 167 Å². The lowest BCUT2D eigenvalue weighted by molar-refractivity contribution is 0.0599. The Morgan fingerprint density at radius 2 is 1.35 bits per heavy atom. The van der Waals surface area contributed by atoms with Crippen LogP contribution < -0.4 is 4.74 Å². The first-order valence-electron chi connectivity index (χ1n) is 16.6. The van der Waals surface area contributed by atoms with Gasteiger partial charge in [-0.1, -0.05) is 123 Å². The summed E-state index contributed by atoms with van der Waals surface area (Å²) in [7, 11) is 1.39. The number of carbonyl (C=O) groups excluding carboxylic acids is 1. The average molecular weight is 633 g/mol. The van der Waals surface area contributed by atoms with E-state index in [-0.39, 0.29) is 5.82 Å². The van der Waals surface area contributed by atoms with Crippen LogP contribution in [-0.4, -0.2) is 13.1 Å². The van der Waals surface area contributed by atoms with Crippen molar-refractivity contribution >= 4 is 22.8 Å². The largest absolute Gasteiger partial charge is 0.472 e. The highest BCUT2D eigenvalue weighted by Gasteiger charge is 2.39. The highest BCUT2D eigenvalue weighted by Crippen LogP contribution is 2.47. The summed E-state index contributed by atoms with van der Waals surface area (Å²) in [5.41, 5.74) is 7.53. The average Bonchev–Trinajstić information content (AvgIpc) is 3.15. The number of unbranched alkanes of at least 4 members (excludes halogenated alkanes) is 2. The summed E-state index contributed by atoms with van der Waals surface area (Å²) in [6, 6.07) is 41.8. The van der Waals surface area contributed by atoms with Crippen LogP contribution in [-0.2, 0) is 16.8 Å². The van der Waals surface area contributed by atoms with E-state index in [2.05, 4.69) is 73.7 Å². The Hall–Kier alpha value is -5.48. The van der Waals surface area contributed by atoms with Crippen molar-refractivity contribution in [2.45, 2.75) is 38.2 Å². The highest BCUT2D eigenvalue weighted by atomic mass is 19.1. The Morgan fingerprint density at radius 1 is 0.729 bits per heavy atom. The Kier molecular flexibility index (Phi) is 8.65. The fourth-order valence-corrected chi connectivity index (χ4v) is 6.68. The molecule has 7 rings (SSSR count). The summed E-state index contributed by atoms with van der Waals surface area (Å²) >= 11 is 0. The molecule has 1 aliphatic heterocycles. The predicted molar refractivity (Wildman–Crippen MR) is 193 cm³/mol. The predicted octanol–water partition coefficient (Wildman–Crippen LogP) is 11.2. The van der Waals surface area contributed by atoms with Crippen LogP contribution in [0.25, 0.3) is 39.1 Å². The molecule has 238 valence electrons. The third-order valence-electron chi connectivity index (χ3n) is 9.33. The smallest absolute Gasteiger partial charge is 0.338 e. The standard InChI is InChI=1S/C44H37FO3/c1-3-4-6-9-30-12-14-31(15-13-30)32-16-18-33(19-17-32)34-20-25-39-35(28-34)29-41(43(46)47-2)40-26-27-44(48-42(39)40,36-10-7-5-8-11-36)37-21-23-38(45)24-22-37/h5,7-8,10-29H,3-4,6,9H2,1-2H3. The number of ether oxygens (including phenoxy) is 2. The van der Waals surface area contributed by atoms with Crippen LogP contribution >= 0.6 is 0 Å². The van der Waals surface area contributed by atoms with Crippen LogP contribution in [0, 0.1) is 5.82 Å². The van der Waals surface area contributed by atoms with Crippen molar-refractivity contribution in [2.75, 3.05) is 7.11 Å². The maximum Gasteiger partial charge on any atom is 0.338 e. The van der Waals surface area contributed by atoms with Crippen molar-refractivity contribution in [1.82, 2.24) is 0 Å². The Balaban J connectivity index is 1.27. The van der Waals surface area contributed by atoms with E-state index in [1.54, 1.807) is 12.1 Å². The van der Waals surface area contributed by atoms with Crippen LogP contribution in [0.5, 0.6) is 5.75 Å². The van der Waals surface area contributed by atoms with Crippen molar-refractivity contribution in [2.24, 2.45) is 0 Å². The molecule has 0 bridgehead atoms. The molecule has 3 nitrogen and oxygen atoms in total. The van der Waals surface area contributed by atoms with E-state index in [1.807, 2.05) is 48.6 Å². The zero-order valence-electron chi connectivity index (χ0n) is 27.2. The summed E-state index contributed by atoms with van der Waals surface area (Å²) < 4.78 is 26.3. The maximum atomic E-state index is 14.0. The number of esters is 1. The van der Waals surface area contributed by atoms with E-state index in [0.29, 0.717) is 16.9 Å². The molecule has 0 saturated carbocycles. The van der Waals surface area contributed by atoms with Crippen LogP contribution in [0.3, 0.4) is 0 Å². The van der Waals surface area contributed by atoms with E-state index in [9.17, 15) is 9.18 Å². The van der Waals surface area contributed by atoms with Gasteiger partial charge in [0.2, 0.25) is 0 Å². The zero-order valence-corrected chi connectivity index (χ0v) is 27.2. The second-order valence-corrected chi connectivity index (χ2v) is 12.4. The second-order valence-electron chi connectivity index (χ2n) is 12.4. The SMILES string of the molecule is CCCCCc1ccc(-c2ccc(-c3ccc4c5c(c(C(=O)OC)cc4c3)C=CC(c3ccccc3)(c3ccc(F)cc3)O5)cc2)cc1. The normalized spacial score (nSPS) is 15.1. The summed E-state index contributed by atoms with van der Waals surface area (Å²) in [5, 5.41) is 1.72. The number of carbonyl (C=O) groups is 1. The Labute approximate surface area is 281 Å². The Morgan fingerprint density at radius 3 is 2.02 bits per heavy atom. The molecule has 0 fully saturated rings. The summed E-state index contributed by atoms with van der Waals surface area (Å²) in [4.78, 5) is 13.1. The molecule has 0 amide bonds. The molecule has 0 spiro atoms. The minimum absolute atomic E-state index is 0.322. The minimum atomic E-state index is -1.04. The quantitative estimate of drug-likeness (QED) is 0.118. The molecule has 4 heteroatoms. The number of aryl methyl sites for hydroxylation is 1. The van der Waals surface area contributed by atoms with Gasteiger partial charge in [-0.2, -0.15) is 0 Å². The Bertz CT molecular complexity index is 2100. The van der Waals surface area contributed by atoms with Crippen LogP contribution in [0.15, 0.2) is 133 Å².